The fourth-order valence-corrected chi connectivity index (χ4v) is 2.35. The summed E-state index contributed by atoms with van der Waals surface area (Å²) in [5, 5.41) is 31.6. The molecule has 6 nitrogen and oxygen atoms in total. The van der Waals surface area contributed by atoms with E-state index >= 15 is 0 Å². The van der Waals surface area contributed by atoms with Crippen molar-refractivity contribution < 1.29 is 30.0 Å². The zero-order valence-electron chi connectivity index (χ0n) is 19.3. The van der Waals surface area contributed by atoms with Crippen LogP contribution in [-0.4, -0.2) is 45.6 Å². The molecule has 0 aliphatic rings. The molecule has 0 aromatic carbocycles. The first kappa shape index (κ1) is 33.0. The molecule has 0 heterocycles. The van der Waals surface area contributed by atoms with E-state index in [9.17, 15) is 9.59 Å². The van der Waals surface area contributed by atoms with E-state index < -0.39 is 11.9 Å². The molecule has 0 unspecified atom stereocenters. The van der Waals surface area contributed by atoms with E-state index in [0.717, 1.165) is 12.8 Å². The summed E-state index contributed by atoms with van der Waals surface area (Å²) in [6.07, 6.45) is 21.2. The fourth-order valence-electron chi connectivity index (χ4n) is 2.35. The number of aliphatic hydroxyl groups is 2. The maximum Gasteiger partial charge on any atom is 0.330 e. The van der Waals surface area contributed by atoms with Crippen molar-refractivity contribution in [1.29, 1.82) is 0 Å². The number of carboxylic acid groups (broad SMARTS) is 2. The molecular weight excluding hydrogens is 384 g/mol. The average Bonchev–Trinajstić information content (AvgIpc) is 2.71. The summed E-state index contributed by atoms with van der Waals surface area (Å²) in [6, 6.07) is 0. The smallest absolute Gasteiger partial charge is 0.330 e. The van der Waals surface area contributed by atoms with Crippen LogP contribution in [0, 0.1) is 0 Å². The van der Waals surface area contributed by atoms with Crippen LogP contribution < -0.4 is 0 Å². The molecule has 0 aromatic rings. The first-order chi connectivity index (χ1) is 14.3. The Kier molecular flexibility index (Phi) is 32.5. The molecule has 0 amide bonds. The summed E-state index contributed by atoms with van der Waals surface area (Å²) in [4.78, 5) is 19.9. The quantitative estimate of drug-likeness (QED) is 0.133. The van der Waals surface area contributed by atoms with Crippen molar-refractivity contribution in [2.75, 3.05) is 13.2 Å². The van der Waals surface area contributed by atoms with E-state index in [4.69, 9.17) is 20.4 Å². The second-order valence-corrected chi connectivity index (χ2v) is 7.26. The van der Waals surface area contributed by atoms with Gasteiger partial charge in [0.1, 0.15) is 0 Å². The van der Waals surface area contributed by atoms with Crippen molar-refractivity contribution in [1.82, 2.24) is 0 Å². The minimum absolute atomic E-state index is 0.125. The molecule has 6 heteroatoms. The summed E-state index contributed by atoms with van der Waals surface area (Å²) in [5.41, 5.74) is 0.176. The standard InChI is InChI=1S/C18H34O2.C4H6O2.C2H6O2/c1-2-3-4-5-6-7-8-9-10-11-12-13-14-15-16-17-18(19)20;1-3(2)4(5)6;3-1-2-4/h9-10H,2-8,11-17H2,1H3,(H,19,20);1H2,2H3,(H,5,6);3-4H,1-2H2. The third kappa shape index (κ3) is 40.9. The first-order valence-electron chi connectivity index (χ1n) is 11.3. The van der Waals surface area contributed by atoms with Gasteiger partial charge in [0, 0.05) is 12.0 Å². The SMILES string of the molecule is C=C(C)C(=O)O.CCCCCCCCC=CCCCCCCCC(=O)O.OCCO. The Labute approximate surface area is 183 Å². The topological polar surface area (TPSA) is 115 Å². The van der Waals surface area contributed by atoms with Crippen LogP contribution in [0.25, 0.3) is 0 Å². The molecule has 0 aromatic heterocycles. The number of aliphatic carboxylic acids is 2. The summed E-state index contributed by atoms with van der Waals surface area (Å²) in [5.74, 6) is -1.60. The summed E-state index contributed by atoms with van der Waals surface area (Å²) in [6.45, 7) is 6.61. The molecule has 0 rings (SSSR count). The lowest BCUT2D eigenvalue weighted by molar-refractivity contribution is -0.137. The Bertz CT molecular complexity index is 404. The second-order valence-electron chi connectivity index (χ2n) is 7.26. The minimum Gasteiger partial charge on any atom is -0.481 e. The number of rotatable bonds is 17. The van der Waals surface area contributed by atoms with Gasteiger partial charge >= 0.3 is 11.9 Å². The van der Waals surface area contributed by atoms with E-state index in [0.29, 0.717) is 6.42 Å². The van der Waals surface area contributed by atoms with E-state index in [2.05, 4.69) is 25.7 Å². The predicted molar refractivity (Wildman–Crippen MR) is 124 cm³/mol. The van der Waals surface area contributed by atoms with Gasteiger partial charge in [-0.1, -0.05) is 77.0 Å². The highest BCUT2D eigenvalue weighted by Crippen LogP contribution is 2.09. The van der Waals surface area contributed by atoms with Gasteiger partial charge in [-0.3, -0.25) is 4.79 Å². The van der Waals surface area contributed by atoms with Crippen LogP contribution in [0.2, 0.25) is 0 Å². The molecule has 30 heavy (non-hydrogen) atoms. The Morgan fingerprint density at radius 1 is 0.733 bits per heavy atom. The predicted octanol–water partition coefficient (Wildman–Crippen LogP) is 5.73. The zero-order valence-corrected chi connectivity index (χ0v) is 19.3. The van der Waals surface area contributed by atoms with Crippen LogP contribution in [0.1, 0.15) is 104 Å². The average molecular weight is 431 g/mol. The number of carboxylic acids is 2. The van der Waals surface area contributed by atoms with Crippen molar-refractivity contribution in [3.05, 3.63) is 24.3 Å². The van der Waals surface area contributed by atoms with Crippen molar-refractivity contribution in [2.45, 2.75) is 104 Å². The number of unbranched alkanes of at least 4 members (excludes halogenated alkanes) is 11. The normalized spacial score (nSPS) is 10.0. The molecule has 178 valence electrons. The van der Waals surface area contributed by atoms with Gasteiger partial charge < -0.3 is 20.4 Å². The van der Waals surface area contributed by atoms with Crippen molar-refractivity contribution in [3.63, 3.8) is 0 Å². The number of carbonyl (C=O) groups is 2. The maximum absolute atomic E-state index is 10.3. The van der Waals surface area contributed by atoms with E-state index in [1.165, 1.54) is 77.6 Å². The Morgan fingerprint density at radius 2 is 1.10 bits per heavy atom. The Balaban J connectivity index is -0.000000600. The molecule has 0 aliphatic heterocycles. The number of allylic oxidation sites excluding steroid dienone is 2. The van der Waals surface area contributed by atoms with Gasteiger partial charge in [0.05, 0.1) is 13.2 Å². The number of hydrogen-bond donors (Lipinski definition) is 4. The lowest BCUT2D eigenvalue weighted by Crippen LogP contribution is -1.93. The van der Waals surface area contributed by atoms with Crippen molar-refractivity contribution in [2.24, 2.45) is 0 Å². The Hall–Kier alpha value is -1.66. The van der Waals surface area contributed by atoms with Crippen molar-refractivity contribution >= 4 is 11.9 Å². The lowest BCUT2D eigenvalue weighted by atomic mass is 10.1. The minimum atomic E-state index is -0.935. The number of hydrogen-bond acceptors (Lipinski definition) is 4. The van der Waals surface area contributed by atoms with Crippen LogP contribution in [0.3, 0.4) is 0 Å². The van der Waals surface area contributed by atoms with E-state index in [1.54, 1.807) is 0 Å². The largest absolute Gasteiger partial charge is 0.481 e. The summed E-state index contributed by atoms with van der Waals surface area (Å²) >= 11 is 0. The van der Waals surface area contributed by atoms with Gasteiger partial charge in [-0.05, 0) is 39.0 Å². The molecule has 4 N–H and O–H groups in total. The molecule has 0 aliphatic carbocycles. The highest BCUT2D eigenvalue weighted by atomic mass is 16.4. The highest BCUT2D eigenvalue weighted by molar-refractivity contribution is 5.84. The molecule has 0 saturated heterocycles. The highest BCUT2D eigenvalue weighted by Gasteiger charge is 1.95. The molecule has 0 spiro atoms. The van der Waals surface area contributed by atoms with Gasteiger partial charge in [0.25, 0.3) is 0 Å². The molecule has 0 atom stereocenters. The molecular formula is C24H46O6. The van der Waals surface area contributed by atoms with E-state index in [-0.39, 0.29) is 18.8 Å². The number of aliphatic hydroxyl groups excluding tert-OH is 2. The van der Waals surface area contributed by atoms with E-state index in [1.807, 2.05) is 0 Å². The van der Waals surface area contributed by atoms with Gasteiger partial charge in [-0.2, -0.15) is 0 Å². The molecule has 0 fully saturated rings. The second kappa shape index (κ2) is 29.5. The molecule has 0 radical (unpaired) electrons. The fraction of sp³-hybridized carbons (Fsp3) is 0.750. The summed E-state index contributed by atoms with van der Waals surface area (Å²) < 4.78 is 0. The first-order valence-corrected chi connectivity index (χ1v) is 11.3. The van der Waals surface area contributed by atoms with Crippen LogP contribution in [0.5, 0.6) is 0 Å². The van der Waals surface area contributed by atoms with Gasteiger partial charge in [0.2, 0.25) is 0 Å². The molecule has 0 bridgehead atoms. The van der Waals surface area contributed by atoms with Crippen molar-refractivity contribution in [3.8, 4) is 0 Å². The monoisotopic (exact) mass is 430 g/mol. The van der Waals surface area contributed by atoms with Gasteiger partial charge in [-0.25, -0.2) is 4.79 Å². The van der Waals surface area contributed by atoms with Crippen LogP contribution in [0.4, 0.5) is 0 Å². The maximum atomic E-state index is 10.3. The van der Waals surface area contributed by atoms with Crippen LogP contribution in [-0.2, 0) is 9.59 Å². The molecule has 0 saturated carbocycles. The lowest BCUT2D eigenvalue weighted by Gasteiger charge is -1.99. The van der Waals surface area contributed by atoms with Crippen LogP contribution >= 0.6 is 0 Å². The third-order valence-electron chi connectivity index (χ3n) is 4.12. The zero-order chi connectivity index (χ0) is 23.5. The van der Waals surface area contributed by atoms with Crippen LogP contribution in [0.15, 0.2) is 24.3 Å². The van der Waals surface area contributed by atoms with Gasteiger partial charge in [0.15, 0.2) is 0 Å². The van der Waals surface area contributed by atoms with Gasteiger partial charge in [-0.15, -0.1) is 0 Å². The summed E-state index contributed by atoms with van der Waals surface area (Å²) in [7, 11) is 0. The Morgan fingerprint density at radius 3 is 1.43 bits per heavy atom. The third-order valence-corrected chi connectivity index (χ3v) is 4.12.